The topological polar surface area (TPSA) is 82.8 Å². The number of hydrogen-bond acceptors (Lipinski definition) is 5. The van der Waals surface area contributed by atoms with Crippen LogP contribution in [-0.2, 0) is 16.3 Å². The summed E-state index contributed by atoms with van der Waals surface area (Å²) in [6.07, 6.45) is 4.23. The molecule has 3 aromatic rings. The molecule has 0 saturated heterocycles. The van der Waals surface area contributed by atoms with Crippen molar-refractivity contribution >= 4 is 33.3 Å². The van der Waals surface area contributed by atoms with Crippen molar-refractivity contribution in [1.82, 2.24) is 4.98 Å². The first-order chi connectivity index (χ1) is 14.9. The Labute approximate surface area is 185 Å². The average molecular weight is 446 g/mol. The van der Waals surface area contributed by atoms with E-state index in [-0.39, 0.29) is 15.7 Å². The largest absolute Gasteiger partial charge is 0.340 e. The molecule has 0 unspecified atom stereocenters. The van der Waals surface area contributed by atoms with Crippen molar-refractivity contribution in [1.29, 1.82) is 5.26 Å². The van der Waals surface area contributed by atoms with Crippen molar-refractivity contribution in [2.24, 2.45) is 0 Å². The summed E-state index contributed by atoms with van der Waals surface area (Å²) in [4.78, 5) is 5.07. The number of aryl methyl sites for hydroxylation is 1. The lowest BCUT2D eigenvalue weighted by atomic mass is 9.94. The minimum absolute atomic E-state index is 0.0692. The molecule has 3 heterocycles. The van der Waals surface area contributed by atoms with E-state index in [0.29, 0.717) is 23.5 Å². The average Bonchev–Trinajstić information content (AvgIpc) is 3.07. The van der Waals surface area contributed by atoms with Crippen molar-refractivity contribution in [3.63, 3.8) is 0 Å². The number of pyridine rings is 1. The van der Waals surface area contributed by atoms with Gasteiger partial charge in [0.25, 0.3) is 0 Å². The normalized spacial score (nSPS) is 15.7. The van der Waals surface area contributed by atoms with Crippen molar-refractivity contribution in [3.8, 4) is 28.5 Å². The van der Waals surface area contributed by atoms with Crippen molar-refractivity contribution in [2.45, 2.75) is 11.3 Å². The molecular formula is C24H16ClN3O2S. The molecule has 1 aromatic heterocycles. The van der Waals surface area contributed by atoms with Gasteiger partial charge in [-0.15, -0.1) is 0 Å². The fourth-order valence-electron chi connectivity index (χ4n) is 4.00. The Morgan fingerprint density at radius 2 is 1.97 bits per heavy atom. The van der Waals surface area contributed by atoms with Gasteiger partial charge in [0, 0.05) is 22.4 Å². The molecular weight excluding hydrogens is 430 g/mol. The van der Waals surface area contributed by atoms with Crippen LogP contribution in [0, 0.1) is 11.3 Å². The summed E-state index contributed by atoms with van der Waals surface area (Å²) in [7, 11) is -3.34. The Hall–Kier alpha value is -3.40. The molecule has 0 amide bonds. The summed E-state index contributed by atoms with van der Waals surface area (Å²) < 4.78 is 24.7. The standard InChI is InChI=1S/C24H16ClN3O2S/c1-14-5-6-18-11-20(19-10-17-7-8-31(29,30)23(17)21(25)12-19)22(28-24(18)27-14)16-4-2-3-15(9-16)13-26/h2-6,9-12H,1,7-8H2,(H,27,28). The van der Waals surface area contributed by atoms with E-state index in [4.69, 9.17) is 16.6 Å². The molecule has 5 nitrogen and oxygen atoms in total. The Balaban J connectivity index is 1.78. The van der Waals surface area contributed by atoms with Crippen LogP contribution in [0.25, 0.3) is 28.5 Å². The molecule has 0 saturated carbocycles. The number of nitriles is 1. The van der Waals surface area contributed by atoms with Gasteiger partial charge in [0.1, 0.15) is 5.82 Å². The second kappa shape index (κ2) is 7.09. The molecule has 0 aliphatic carbocycles. The maximum atomic E-state index is 12.3. The van der Waals surface area contributed by atoms with Crippen LogP contribution in [0.3, 0.4) is 0 Å². The maximum absolute atomic E-state index is 12.3. The van der Waals surface area contributed by atoms with Crippen LogP contribution in [-0.4, -0.2) is 19.2 Å². The van der Waals surface area contributed by atoms with Crippen LogP contribution in [0.5, 0.6) is 0 Å². The lowest BCUT2D eigenvalue weighted by molar-refractivity contribution is 0.600. The molecule has 0 atom stereocenters. The third-order valence-corrected chi connectivity index (χ3v) is 7.70. The smallest absolute Gasteiger partial charge is 0.180 e. The molecule has 2 aliphatic heterocycles. The summed E-state index contributed by atoms with van der Waals surface area (Å²) in [6.45, 7) is 3.93. The van der Waals surface area contributed by atoms with Crippen LogP contribution < -0.4 is 5.32 Å². The number of halogens is 1. The Kier molecular flexibility index (Phi) is 4.47. The predicted octanol–water partition coefficient (Wildman–Crippen LogP) is 5.22. The van der Waals surface area contributed by atoms with Gasteiger partial charge in [-0.1, -0.05) is 30.3 Å². The molecule has 31 heavy (non-hydrogen) atoms. The van der Waals surface area contributed by atoms with Crippen LogP contribution >= 0.6 is 11.6 Å². The molecule has 0 bridgehead atoms. The summed E-state index contributed by atoms with van der Waals surface area (Å²) in [5.74, 6) is 0.739. The first-order valence-electron chi connectivity index (χ1n) is 9.61. The minimum atomic E-state index is -3.34. The fraction of sp³-hybridized carbons (Fsp3) is 0.0833. The van der Waals surface area contributed by atoms with Crippen LogP contribution in [0.15, 0.2) is 65.7 Å². The zero-order valence-electron chi connectivity index (χ0n) is 16.3. The van der Waals surface area contributed by atoms with E-state index in [9.17, 15) is 13.7 Å². The second-order valence-corrected chi connectivity index (χ2v) is 9.97. The zero-order chi connectivity index (χ0) is 21.8. The van der Waals surface area contributed by atoms with E-state index in [1.54, 1.807) is 18.2 Å². The van der Waals surface area contributed by atoms with Gasteiger partial charge in [0.05, 0.1) is 33.0 Å². The zero-order valence-corrected chi connectivity index (χ0v) is 17.9. The summed E-state index contributed by atoms with van der Waals surface area (Å²) in [5, 5.41) is 12.7. The first-order valence-corrected chi connectivity index (χ1v) is 11.6. The molecule has 7 heteroatoms. The summed E-state index contributed by atoms with van der Waals surface area (Å²) >= 11 is 6.44. The van der Waals surface area contributed by atoms with Gasteiger partial charge in [-0.05, 0) is 60.0 Å². The third-order valence-electron chi connectivity index (χ3n) is 5.44. The van der Waals surface area contributed by atoms with Crippen molar-refractivity contribution < 1.29 is 8.42 Å². The number of rotatable bonds is 2. The molecule has 1 N–H and O–H groups in total. The number of benzene rings is 2. The van der Waals surface area contributed by atoms with Gasteiger partial charge in [0.15, 0.2) is 9.84 Å². The highest BCUT2D eigenvalue weighted by molar-refractivity contribution is 7.91. The number of nitrogens with one attached hydrogen (secondary N) is 1. The lowest BCUT2D eigenvalue weighted by Crippen LogP contribution is -2.06. The SMILES string of the molecule is C=C1C=Cc2cc(-c3cc(Cl)c4c(c3)CCS4(=O)=O)c(-c3cccc(C#N)c3)nc2N1. The van der Waals surface area contributed by atoms with Gasteiger partial charge in [-0.25, -0.2) is 13.4 Å². The van der Waals surface area contributed by atoms with E-state index in [1.807, 2.05) is 36.4 Å². The van der Waals surface area contributed by atoms with Crippen LogP contribution in [0.1, 0.15) is 16.7 Å². The maximum Gasteiger partial charge on any atom is 0.180 e. The molecule has 2 aromatic carbocycles. The number of fused-ring (bicyclic) bond motifs is 2. The molecule has 0 spiro atoms. The molecule has 5 rings (SSSR count). The van der Waals surface area contributed by atoms with Crippen molar-refractivity contribution in [2.75, 3.05) is 11.1 Å². The number of nitrogens with zero attached hydrogens (tertiary/aromatic N) is 2. The van der Waals surface area contributed by atoms with Gasteiger partial charge < -0.3 is 5.32 Å². The summed E-state index contributed by atoms with van der Waals surface area (Å²) in [6, 6.07) is 14.9. The number of anilines is 1. The van der Waals surface area contributed by atoms with Gasteiger partial charge in [-0.2, -0.15) is 5.26 Å². The quantitative estimate of drug-likeness (QED) is 0.584. The Morgan fingerprint density at radius 1 is 1.13 bits per heavy atom. The van der Waals surface area contributed by atoms with Gasteiger partial charge >= 0.3 is 0 Å². The van der Waals surface area contributed by atoms with Gasteiger partial charge in [-0.3, -0.25) is 0 Å². The minimum Gasteiger partial charge on any atom is -0.340 e. The van der Waals surface area contributed by atoms with E-state index >= 15 is 0 Å². The number of hydrogen-bond donors (Lipinski definition) is 1. The summed E-state index contributed by atoms with van der Waals surface area (Å²) in [5.41, 5.74) is 5.90. The monoisotopic (exact) mass is 445 g/mol. The Bertz CT molecular complexity index is 1470. The molecule has 0 radical (unpaired) electrons. The second-order valence-electron chi connectivity index (χ2n) is 7.51. The predicted molar refractivity (Wildman–Crippen MR) is 122 cm³/mol. The first kappa shape index (κ1) is 19.6. The highest BCUT2D eigenvalue weighted by Gasteiger charge is 2.30. The van der Waals surface area contributed by atoms with E-state index in [0.717, 1.165) is 33.5 Å². The van der Waals surface area contributed by atoms with E-state index in [1.165, 1.54) is 0 Å². The number of aromatic nitrogens is 1. The third kappa shape index (κ3) is 3.32. The number of allylic oxidation sites excluding steroid dienone is 1. The van der Waals surface area contributed by atoms with Crippen molar-refractivity contribution in [3.05, 3.63) is 82.5 Å². The lowest BCUT2D eigenvalue weighted by Gasteiger charge is -2.19. The highest BCUT2D eigenvalue weighted by Crippen LogP contribution is 2.41. The van der Waals surface area contributed by atoms with E-state index in [2.05, 4.69) is 18.0 Å². The molecule has 152 valence electrons. The fourth-order valence-corrected chi connectivity index (χ4v) is 6.20. The highest BCUT2D eigenvalue weighted by atomic mass is 35.5. The molecule has 2 aliphatic rings. The number of sulfone groups is 1. The Morgan fingerprint density at radius 3 is 2.77 bits per heavy atom. The van der Waals surface area contributed by atoms with Crippen LogP contribution in [0.4, 0.5) is 5.82 Å². The van der Waals surface area contributed by atoms with E-state index < -0.39 is 9.84 Å². The van der Waals surface area contributed by atoms with Crippen LogP contribution in [0.2, 0.25) is 5.02 Å². The van der Waals surface area contributed by atoms with Gasteiger partial charge in [0.2, 0.25) is 0 Å². The molecule has 0 fully saturated rings.